The van der Waals surface area contributed by atoms with Gasteiger partial charge in [-0.05, 0) is 49.2 Å². The molecule has 0 saturated carbocycles. The fourth-order valence-corrected chi connectivity index (χ4v) is 2.49. The van der Waals surface area contributed by atoms with Crippen LogP contribution in [0, 0.1) is 0 Å². The summed E-state index contributed by atoms with van der Waals surface area (Å²) >= 11 is 0. The Morgan fingerprint density at radius 2 is 1.77 bits per heavy atom. The minimum atomic E-state index is -0.263. The highest BCUT2D eigenvalue weighted by Gasteiger charge is 2.15. The molecule has 0 saturated heterocycles. The van der Waals surface area contributed by atoms with Gasteiger partial charge in [0.2, 0.25) is 5.75 Å². The molecular weight excluding hydrogens is 334 g/mol. The molecule has 1 aromatic carbocycles. The highest BCUT2D eigenvalue weighted by Crippen LogP contribution is 2.38. The molecule has 140 valence electrons. The average Bonchev–Trinajstić information content (AvgIpc) is 2.67. The number of methoxy groups -OCH3 is 2. The van der Waals surface area contributed by atoms with E-state index >= 15 is 0 Å². The Morgan fingerprint density at radius 1 is 1.15 bits per heavy atom. The van der Waals surface area contributed by atoms with Gasteiger partial charge in [-0.15, -0.1) is 0 Å². The summed E-state index contributed by atoms with van der Waals surface area (Å²) in [4.78, 5) is 16.1. The van der Waals surface area contributed by atoms with Gasteiger partial charge in [0.15, 0.2) is 11.5 Å². The molecule has 0 radical (unpaired) electrons. The number of aromatic nitrogens is 1. The van der Waals surface area contributed by atoms with Crippen molar-refractivity contribution in [2.45, 2.75) is 26.4 Å². The third kappa shape index (κ3) is 5.02. The van der Waals surface area contributed by atoms with E-state index in [-0.39, 0.29) is 12.1 Å². The van der Waals surface area contributed by atoms with Crippen LogP contribution in [0.5, 0.6) is 17.2 Å². The lowest BCUT2D eigenvalue weighted by Crippen LogP contribution is -2.36. The summed E-state index contributed by atoms with van der Waals surface area (Å²) in [5.41, 5.74) is 1.83. The molecule has 7 nitrogen and oxygen atoms in total. The Balaban J connectivity index is 2.01. The van der Waals surface area contributed by atoms with Crippen LogP contribution in [0.4, 0.5) is 4.79 Å². The Bertz CT molecular complexity index is 697. The molecule has 1 atom stereocenters. The number of rotatable bonds is 8. The van der Waals surface area contributed by atoms with Crippen LogP contribution in [-0.4, -0.2) is 31.8 Å². The number of carbonyl (C=O) groups excluding carboxylic acids is 1. The fourth-order valence-electron chi connectivity index (χ4n) is 2.49. The third-order valence-electron chi connectivity index (χ3n) is 3.82. The lowest BCUT2D eigenvalue weighted by Gasteiger charge is -2.17. The molecule has 2 amide bonds. The maximum Gasteiger partial charge on any atom is 0.315 e. The molecule has 2 N–H and O–H groups in total. The topological polar surface area (TPSA) is 81.7 Å². The summed E-state index contributed by atoms with van der Waals surface area (Å²) in [5, 5.41) is 5.73. The number of pyridine rings is 1. The quantitative estimate of drug-likeness (QED) is 0.757. The zero-order valence-electron chi connectivity index (χ0n) is 15.5. The zero-order valence-corrected chi connectivity index (χ0v) is 15.5. The molecule has 2 rings (SSSR count). The second kappa shape index (κ2) is 9.50. The monoisotopic (exact) mass is 359 g/mol. The van der Waals surface area contributed by atoms with Crippen LogP contribution in [0.3, 0.4) is 0 Å². The van der Waals surface area contributed by atoms with E-state index in [9.17, 15) is 4.79 Å². The van der Waals surface area contributed by atoms with Crippen molar-refractivity contribution in [3.05, 3.63) is 47.8 Å². The molecule has 0 unspecified atom stereocenters. The summed E-state index contributed by atoms with van der Waals surface area (Å²) in [5.74, 6) is 1.68. The highest BCUT2D eigenvalue weighted by atomic mass is 16.5. The Labute approximate surface area is 153 Å². The first-order valence-corrected chi connectivity index (χ1v) is 8.41. The highest BCUT2D eigenvalue weighted by molar-refractivity contribution is 5.74. The number of hydrogen-bond donors (Lipinski definition) is 2. The molecule has 2 aromatic rings. The van der Waals surface area contributed by atoms with E-state index in [0.717, 1.165) is 11.1 Å². The molecule has 0 aliphatic carbocycles. The number of nitrogens with one attached hydrogen (secondary N) is 2. The summed E-state index contributed by atoms with van der Waals surface area (Å²) in [7, 11) is 3.13. The van der Waals surface area contributed by atoms with Crippen molar-refractivity contribution in [3.63, 3.8) is 0 Å². The molecule has 0 spiro atoms. The van der Waals surface area contributed by atoms with Crippen LogP contribution in [0.15, 0.2) is 36.7 Å². The van der Waals surface area contributed by atoms with Gasteiger partial charge < -0.3 is 24.8 Å². The minimum absolute atomic E-state index is 0.123. The van der Waals surface area contributed by atoms with Gasteiger partial charge in [-0.3, -0.25) is 4.98 Å². The van der Waals surface area contributed by atoms with Crippen molar-refractivity contribution in [2.75, 3.05) is 20.8 Å². The summed E-state index contributed by atoms with van der Waals surface area (Å²) in [6.07, 6.45) is 3.40. The predicted octanol–water partition coefficient (Wildman–Crippen LogP) is 3.06. The molecular formula is C19H25N3O4. The van der Waals surface area contributed by atoms with Crippen molar-refractivity contribution in [3.8, 4) is 17.2 Å². The lowest BCUT2D eigenvalue weighted by molar-refractivity contribution is 0.237. The molecule has 7 heteroatoms. The third-order valence-corrected chi connectivity index (χ3v) is 3.82. The summed E-state index contributed by atoms with van der Waals surface area (Å²) in [6, 6.07) is 6.99. The van der Waals surface area contributed by atoms with Gasteiger partial charge in [0.1, 0.15) is 0 Å². The van der Waals surface area contributed by atoms with Crippen molar-refractivity contribution in [1.82, 2.24) is 15.6 Å². The molecule has 0 bridgehead atoms. The van der Waals surface area contributed by atoms with Gasteiger partial charge >= 0.3 is 6.03 Å². The normalized spacial score (nSPS) is 11.4. The van der Waals surface area contributed by atoms with Crippen molar-refractivity contribution in [1.29, 1.82) is 0 Å². The number of urea groups is 1. The first-order valence-electron chi connectivity index (χ1n) is 8.41. The van der Waals surface area contributed by atoms with Crippen molar-refractivity contribution < 1.29 is 19.0 Å². The van der Waals surface area contributed by atoms with E-state index < -0.39 is 0 Å². The molecule has 0 aliphatic heterocycles. The van der Waals surface area contributed by atoms with E-state index in [2.05, 4.69) is 15.6 Å². The van der Waals surface area contributed by atoms with Crippen LogP contribution in [-0.2, 0) is 6.54 Å². The van der Waals surface area contributed by atoms with Gasteiger partial charge in [0, 0.05) is 18.9 Å². The summed E-state index contributed by atoms with van der Waals surface area (Å²) < 4.78 is 16.3. The maximum atomic E-state index is 12.2. The second-order valence-electron chi connectivity index (χ2n) is 5.59. The Kier molecular flexibility index (Phi) is 7.08. The van der Waals surface area contributed by atoms with Gasteiger partial charge in [-0.25, -0.2) is 4.79 Å². The standard InChI is InChI=1S/C19H25N3O4/c1-5-26-18-16(24-3)10-14(11-17(18)25-4)12-21-19(23)22-13(2)15-6-8-20-9-7-15/h6-11,13H,5,12H2,1-4H3,(H2,21,22,23)/t13-/m1/s1. The van der Waals surface area contributed by atoms with E-state index in [1.54, 1.807) is 26.6 Å². The Hall–Kier alpha value is -2.96. The van der Waals surface area contributed by atoms with E-state index in [0.29, 0.717) is 30.4 Å². The van der Waals surface area contributed by atoms with Gasteiger partial charge in [-0.2, -0.15) is 0 Å². The van der Waals surface area contributed by atoms with Crippen LogP contribution in [0.2, 0.25) is 0 Å². The van der Waals surface area contributed by atoms with E-state index in [1.165, 1.54) is 0 Å². The number of nitrogens with zero attached hydrogens (tertiary/aromatic N) is 1. The SMILES string of the molecule is CCOc1c(OC)cc(CNC(=O)N[C@H](C)c2ccncc2)cc1OC. The van der Waals surface area contributed by atoms with Crippen LogP contribution < -0.4 is 24.8 Å². The number of ether oxygens (including phenoxy) is 3. The molecule has 1 aromatic heterocycles. The van der Waals surface area contributed by atoms with Gasteiger partial charge in [0.05, 0.1) is 26.9 Å². The predicted molar refractivity (Wildman–Crippen MR) is 98.7 cm³/mol. The first kappa shape index (κ1) is 19.4. The zero-order chi connectivity index (χ0) is 18.9. The van der Waals surface area contributed by atoms with Crippen molar-refractivity contribution in [2.24, 2.45) is 0 Å². The number of benzene rings is 1. The number of carbonyl (C=O) groups is 1. The van der Waals surface area contributed by atoms with Gasteiger partial charge in [-0.1, -0.05) is 0 Å². The first-order chi connectivity index (χ1) is 12.6. The maximum absolute atomic E-state index is 12.2. The molecule has 1 heterocycles. The number of amides is 2. The van der Waals surface area contributed by atoms with Gasteiger partial charge in [0.25, 0.3) is 0 Å². The smallest absolute Gasteiger partial charge is 0.315 e. The second-order valence-corrected chi connectivity index (χ2v) is 5.59. The van der Waals surface area contributed by atoms with Crippen molar-refractivity contribution >= 4 is 6.03 Å². The molecule has 0 fully saturated rings. The average molecular weight is 359 g/mol. The summed E-state index contributed by atoms with van der Waals surface area (Å²) in [6.45, 7) is 4.63. The largest absolute Gasteiger partial charge is 0.493 e. The Morgan fingerprint density at radius 3 is 2.31 bits per heavy atom. The van der Waals surface area contributed by atoms with Crippen LogP contribution in [0.25, 0.3) is 0 Å². The van der Waals surface area contributed by atoms with E-state index in [1.807, 2.05) is 38.1 Å². The van der Waals surface area contributed by atoms with Crippen LogP contribution >= 0.6 is 0 Å². The molecule has 26 heavy (non-hydrogen) atoms. The molecule has 0 aliphatic rings. The minimum Gasteiger partial charge on any atom is -0.493 e. The van der Waals surface area contributed by atoms with Crippen LogP contribution in [0.1, 0.15) is 31.0 Å². The fraction of sp³-hybridized carbons (Fsp3) is 0.368. The lowest BCUT2D eigenvalue weighted by atomic mass is 10.1. The number of hydrogen-bond acceptors (Lipinski definition) is 5. The van der Waals surface area contributed by atoms with E-state index in [4.69, 9.17) is 14.2 Å².